The third-order valence-electron chi connectivity index (χ3n) is 1.66. The van der Waals surface area contributed by atoms with Crippen molar-refractivity contribution in [1.82, 2.24) is 0 Å². The second kappa shape index (κ2) is 4.20. The lowest BCUT2D eigenvalue weighted by Gasteiger charge is -2.13. The Labute approximate surface area is 95.2 Å². The van der Waals surface area contributed by atoms with Gasteiger partial charge in [-0.05, 0) is 44.0 Å². The highest BCUT2D eigenvalue weighted by Gasteiger charge is 2.34. The highest BCUT2D eigenvalue weighted by molar-refractivity contribution is 9.13. The molecule has 0 radical (unpaired) electrons. The van der Waals surface area contributed by atoms with E-state index in [0.717, 1.165) is 6.07 Å². The van der Waals surface area contributed by atoms with Crippen molar-refractivity contribution >= 4 is 31.9 Å². The zero-order valence-electron chi connectivity index (χ0n) is 6.70. The summed E-state index contributed by atoms with van der Waals surface area (Å²) < 4.78 is 37.9. The van der Waals surface area contributed by atoms with Gasteiger partial charge in [0.05, 0.1) is 12.2 Å². The Hall–Kier alpha value is -0.0700. The number of halogens is 5. The molecule has 0 spiro atoms. The minimum Gasteiger partial charge on any atom is -0.392 e. The summed E-state index contributed by atoms with van der Waals surface area (Å²) in [6.07, 6.45) is -4.44. The lowest BCUT2D eigenvalue weighted by Crippen LogP contribution is -2.09. The van der Waals surface area contributed by atoms with Gasteiger partial charge in [0.15, 0.2) is 0 Å². The number of alkyl halides is 3. The molecule has 0 saturated carbocycles. The Morgan fingerprint density at radius 3 is 2.21 bits per heavy atom. The molecule has 0 bridgehead atoms. The average molecular weight is 334 g/mol. The van der Waals surface area contributed by atoms with Gasteiger partial charge in [-0.1, -0.05) is 0 Å². The van der Waals surface area contributed by atoms with Gasteiger partial charge >= 0.3 is 6.18 Å². The Morgan fingerprint density at radius 2 is 1.79 bits per heavy atom. The van der Waals surface area contributed by atoms with E-state index in [-0.39, 0.29) is 10.0 Å². The van der Waals surface area contributed by atoms with Crippen LogP contribution in [0.3, 0.4) is 0 Å². The maximum Gasteiger partial charge on any atom is 0.416 e. The summed E-state index contributed by atoms with van der Waals surface area (Å²) in [6, 6.07) is 2.21. The van der Waals surface area contributed by atoms with Crippen LogP contribution in [0.1, 0.15) is 11.1 Å². The third kappa shape index (κ3) is 2.29. The molecule has 0 aliphatic rings. The SMILES string of the molecule is OCc1c(C(F)(F)F)ccc(Br)c1Br. The molecule has 1 nitrogen and oxygen atoms in total. The lowest BCUT2D eigenvalue weighted by molar-refractivity contribution is -0.138. The van der Waals surface area contributed by atoms with Crippen molar-refractivity contribution in [3.05, 3.63) is 32.2 Å². The minimum absolute atomic E-state index is 0.160. The van der Waals surface area contributed by atoms with Crippen LogP contribution in [0, 0.1) is 0 Å². The van der Waals surface area contributed by atoms with Gasteiger partial charge in [-0.2, -0.15) is 13.2 Å². The van der Waals surface area contributed by atoms with Crippen molar-refractivity contribution in [2.45, 2.75) is 12.8 Å². The third-order valence-corrected chi connectivity index (χ3v) is 3.76. The number of hydrogen-bond acceptors (Lipinski definition) is 1. The highest BCUT2D eigenvalue weighted by Crippen LogP contribution is 2.38. The summed E-state index contributed by atoms with van der Waals surface area (Å²) in [6.45, 7) is -0.658. The van der Waals surface area contributed by atoms with Crippen LogP contribution in [-0.4, -0.2) is 5.11 Å². The van der Waals surface area contributed by atoms with Gasteiger partial charge in [0.1, 0.15) is 0 Å². The van der Waals surface area contributed by atoms with E-state index >= 15 is 0 Å². The van der Waals surface area contributed by atoms with Gasteiger partial charge < -0.3 is 5.11 Å². The van der Waals surface area contributed by atoms with Crippen molar-refractivity contribution in [2.75, 3.05) is 0 Å². The number of aliphatic hydroxyl groups excluding tert-OH is 1. The van der Waals surface area contributed by atoms with Gasteiger partial charge in [0, 0.05) is 14.5 Å². The Bertz CT molecular complexity index is 349. The maximum atomic E-state index is 12.4. The zero-order chi connectivity index (χ0) is 10.9. The molecule has 1 rings (SSSR count). The summed E-state index contributed by atoms with van der Waals surface area (Å²) >= 11 is 6.04. The Kier molecular flexibility index (Phi) is 3.60. The summed E-state index contributed by atoms with van der Waals surface area (Å²) in [7, 11) is 0. The first-order valence-corrected chi connectivity index (χ1v) is 5.11. The van der Waals surface area contributed by atoms with Gasteiger partial charge in [0.2, 0.25) is 0 Å². The molecular weight excluding hydrogens is 329 g/mol. The topological polar surface area (TPSA) is 20.2 Å². The molecule has 1 N–H and O–H groups in total. The molecule has 1 aromatic carbocycles. The predicted octanol–water partition coefficient (Wildman–Crippen LogP) is 3.72. The van der Waals surface area contributed by atoms with Crippen LogP contribution in [-0.2, 0) is 12.8 Å². The monoisotopic (exact) mass is 332 g/mol. The van der Waals surface area contributed by atoms with Gasteiger partial charge in [0.25, 0.3) is 0 Å². The van der Waals surface area contributed by atoms with E-state index in [2.05, 4.69) is 31.9 Å². The van der Waals surface area contributed by atoms with Crippen molar-refractivity contribution < 1.29 is 18.3 Å². The lowest BCUT2D eigenvalue weighted by atomic mass is 10.1. The first-order chi connectivity index (χ1) is 6.38. The molecule has 0 saturated heterocycles. The van der Waals surface area contributed by atoms with Gasteiger partial charge in [-0.15, -0.1) is 0 Å². The van der Waals surface area contributed by atoms with Crippen LogP contribution in [0.5, 0.6) is 0 Å². The van der Waals surface area contributed by atoms with Crippen LogP contribution in [0.4, 0.5) is 13.2 Å². The van der Waals surface area contributed by atoms with Crippen LogP contribution < -0.4 is 0 Å². The smallest absolute Gasteiger partial charge is 0.392 e. The summed E-state index contributed by atoms with van der Waals surface area (Å²) in [5, 5.41) is 8.84. The van der Waals surface area contributed by atoms with E-state index in [1.807, 2.05) is 0 Å². The molecule has 0 unspecified atom stereocenters. The first kappa shape index (κ1) is 12.0. The van der Waals surface area contributed by atoms with E-state index in [1.165, 1.54) is 6.07 Å². The average Bonchev–Trinajstić information content (AvgIpc) is 2.07. The molecule has 14 heavy (non-hydrogen) atoms. The number of rotatable bonds is 1. The second-order valence-corrected chi connectivity index (χ2v) is 4.19. The van der Waals surface area contributed by atoms with Crippen molar-refractivity contribution in [2.24, 2.45) is 0 Å². The van der Waals surface area contributed by atoms with Crippen molar-refractivity contribution in [3.8, 4) is 0 Å². The maximum absolute atomic E-state index is 12.4. The van der Waals surface area contributed by atoms with Crippen LogP contribution in [0.25, 0.3) is 0 Å². The predicted molar refractivity (Wildman–Crippen MR) is 52.8 cm³/mol. The number of hydrogen-bond donors (Lipinski definition) is 1. The fraction of sp³-hybridized carbons (Fsp3) is 0.250. The van der Waals surface area contributed by atoms with Gasteiger partial charge in [-0.3, -0.25) is 0 Å². The molecule has 78 valence electrons. The standard InChI is InChI=1S/C8H5Br2F3O/c9-6-2-1-5(8(11,12)13)4(3-14)7(6)10/h1-2,14H,3H2. The summed E-state index contributed by atoms with van der Waals surface area (Å²) in [5.74, 6) is 0. The quantitative estimate of drug-likeness (QED) is 0.830. The molecule has 0 atom stereocenters. The molecule has 0 fully saturated rings. The van der Waals surface area contributed by atoms with E-state index in [4.69, 9.17) is 5.11 Å². The number of aliphatic hydroxyl groups is 1. The van der Waals surface area contributed by atoms with E-state index < -0.39 is 18.3 Å². The first-order valence-electron chi connectivity index (χ1n) is 3.53. The van der Waals surface area contributed by atoms with E-state index in [9.17, 15) is 13.2 Å². The molecule has 0 aromatic heterocycles. The molecular formula is C8H5Br2F3O. The van der Waals surface area contributed by atoms with Crippen molar-refractivity contribution in [3.63, 3.8) is 0 Å². The largest absolute Gasteiger partial charge is 0.416 e. The Morgan fingerprint density at radius 1 is 1.21 bits per heavy atom. The minimum atomic E-state index is -4.44. The fourth-order valence-corrected chi connectivity index (χ4v) is 1.86. The van der Waals surface area contributed by atoms with Crippen LogP contribution in [0.15, 0.2) is 21.1 Å². The molecule has 0 heterocycles. The number of benzene rings is 1. The van der Waals surface area contributed by atoms with Crippen molar-refractivity contribution in [1.29, 1.82) is 0 Å². The van der Waals surface area contributed by atoms with E-state index in [1.54, 1.807) is 0 Å². The summed E-state index contributed by atoms with van der Waals surface area (Å²) in [4.78, 5) is 0. The zero-order valence-corrected chi connectivity index (χ0v) is 9.87. The van der Waals surface area contributed by atoms with E-state index in [0.29, 0.717) is 4.47 Å². The highest BCUT2D eigenvalue weighted by atomic mass is 79.9. The van der Waals surface area contributed by atoms with Crippen LogP contribution in [0.2, 0.25) is 0 Å². The molecule has 6 heteroatoms. The Balaban J connectivity index is 3.39. The molecule has 0 aliphatic carbocycles. The second-order valence-electron chi connectivity index (χ2n) is 2.54. The van der Waals surface area contributed by atoms with Crippen LogP contribution >= 0.6 is 31.9 Å². The normalized spacial score (nSPS) is 11.9. The fourth-order valence-electron chi connectivity index (χ4n) is 1.01. The van der Waals surface area contributed by atoms with Gasteiger partial charge in [-0.25, -0.2) is 0 Å². The molecule has 0 aliphatic heterocycles. The molecule has 0 amide bonds. The summed E-state index contributed by atoms with van der Waals surface area (Å²) in [5.41, 5.74) is -0.984. The molecule has 1 aromatic rings.